The van der Waals surface area contributed by atoms with Gasteiger partial charge in [-0.1, -0.05) is 30.3 Å². The molecule has 1 aromatic heterocycles. The second-order valence-corrected chi connectivity index (χ2v) is 7.63. The summed E-state index contributed by atoms with van der Waals surface area (Å²) in [7, 11) is 3.48. The van der Waals surface area contributed by atoms with E-state index in [2.05, 4.69) is 15.4 Å². The number of ether oxygens (including phenoxy) is 1. The van der Waals surface area contributed by atoms with Gasteiger partial charge in [-0.2, -0.15) is 5.10 Å². The summed E-state index contributed by atoms with van der Waals surface area (Å²) >= 11 is 0. The topological polar surface area (TPSA) is 88.8 Å². The fourth-order valence-electron chi connectivity index (χ4n) is 3.75. The average Bonchev–Trinajstić information content (AvgIpc) is 3.45. The van der Waals surface area contributed by atoms with Crippen LogP contribution in [-0.2, 0) is 16.6 Å². The smallest absolute Gasteiger partial charge is 0.268 e. The molecule has 0 saturated carbocycles. The zero-order chi connectivity index (χ0) is 22.7. The number of aromatic nitrogens is 2. The molecule has 164 valence electrons. The predicted molar refractivity (Wildman–Crippen MR) is 122 cm³/mol. The number of benzene rings is 2. The minimum Gasteiger partial charge on any atom is -0.497 e. The van der Waals surface area contributed by atoms with Crippen LogP contribution in [0.1, 0.15) is 30.8 Å². The lowest BCUT2D eigenvalue weighted by Crippen LogP contribution is -2.37. The summed E-state index contributed by atoms with van der Waals surface area (Å²) in [5, 5.41) is 9.19. The standard InChI is InChI=1S/C24H25N5O3/c1-16(30)21-15-20(27-29(21)18-7-5-4-6-8-18)24(31)26-22(23-25-13-14-28(23)2)17-9-11-19(32-3)12-10-17/h4-14,21-22H,15H2,1-3H3,(H,26,31). The van der Waals surface area contributed by atoms with Crippen molar-refractivity contribution in [2.24, 2.45) is 12.1 Å². The van der Waals surface area contributed by atoms with E-state index in [9.17, 15) is 9.59 Å². The average molecular weight is 431 g/mol. The van der Waals surface area contributed by atoms with Crippen LogP contribution in [0.2, 0.25) is 0 Å². The fourth-order valence-corrected chi connectivity index (χ4v) is 3.75. The van der Waals surface area contributed by atoms with E-state index in [-0.39, 0.29) is 18.1 Å². The number of carbonyl (C=O) groups excluding carboxylic acids is 2. The van der Waals surface area contributed by atoms with E-state index < -0.39 is 12.1 Å². The number of hydrogen-bond donors (Lipinski definition) is 1. The number of nitrogens with zero attached hydrogens (tertiary/aromatic N) is 4. The number of amides is 1. The number of aryl methyl sites for hydroxylation is 1. The van der Waals surface area contributed by atoms with E-state index in [1.54, 1.807) is 18.3 Å². The lowest BCUT2D eigenvalue weighted by atomic mass is 10.0. The summed E-state index contributed by atoms with van der Waals surface area (Å²) in [6.45, 7) is 1.52. The molecule has 0 saturated heterocycles. The van der Waals surface area contributed by atoms with E-state index >= 15 is 0 Å². The third kappa shape index (κ3) is 4.25. The van der Waals surface area contributed by atoms with Gasteiger partial charge < -0.3 is 14.6 Å². The molecule has 4 rings (SSSR count). The molecule has 0 fully saturated rings. The number of ketones is 1. The molecule has 32 heavy (non-hydrogen) atoms. The molecule has 2 aromatic carbocycles. The highest BCUT2D eigenvalue weighted by molar-refractivity contribution is 6.40. The Kier molecular flexibility index (Phi) is 6.02. The molecule has 2 atom stereocenters. The Morgan fingerprint density at radius 2 is 1.84 bits per heavy atom. The van der Waals surface area contributed by atoms with E-state index in [4.69, 9.17) is 4.74 Å². The first-order valence-electron chi connectivity index (χ1n) is 10.3. The number of para-hydroxylation sites is 1. The van der Waals surface area contributed by atoms with Crippen LogP contribution >= 0.6 is 0 Å². The molecule has 1 aliphatic rings. The number of nitrogens with one attached hydrogen (secondary N) is 1. The van der Waals surface area contributed by atoms with Crippen molar-refractivity contribution in [2.75, 3.05) is 12.1 Å². The van der Waals surface area contributed by atoms with Gasteiger partial charge in [-0.15, -0.1) is 0 Å². The molecule has 0 bridgehead atoms. The van der Waals surface area contributed by atoms with Crippen molar-refractivity contribution in [3.05, 3.63) is 78.4 Å². The second kappa shape index (κ2) is 9.05. The number of anilines is 1. The fraction of sp³-hybridized carbons (Fsp3) is 0.250. The third-order valence-corrected chi connectivity index (χ3v) is 5.50. The maximum absolute atomic E-state index is 13.3. The SMILES string of the molecule is COc1ccc(C(NC(=O)C2=NN(c3ccccc3)C(C(C)=O)C2)c2nccn2C)cc1. The Labute approximate surface area is 186 Å². The highest BCUT2D eigenvalue weighted by Crippen LogP contribution is 2.27. The Balaban J connectivity index is 1.63. The van der Waals surface area contributed by atoms with Crippen LogP contribution in [0.5, 0.6) is 5.75 Å². The van der Waals surface area contributed by atoms with Crippen molar-refractivity contribution in [1.29, 1.82) is 0 Å². The van der Waals surface area contributed by atoms with Gasteiger partial charge in [0.1, 0.15) is 29.4 Å². The first kappa shape index (κ1) is 21.3. The van der Waals surface area contributed by atoms with Gasteiger partial charge in [0.05, 0.1) is 12.8 Å². The van der Waals surface area contributed by atoms with Gasteiger partial charge in [-0.3, -0.25) is 14.6 Å². The van der Waals surface area contributed by atoms with Gasteiger partial charge in [0.15, 0.2) is 5.78 Å². The molecule has 1 amide bonds. The summed E-state index contributed by atoms with van der Waals surface area (Å²) in [5.41, 5.74) is 1.93. The molecule has 1 N–H and O–H groups in total. The number of rotatable bonds is 7. The molecule has 8 heteroatoms. The Morgan fingerprint density at radius 3 is 2.44 bits per heavy atom. The lowest BCUT2D eigenvalue weighted by molar-refractivity contribution is -0.118. The Bertz CT molecular complexity index is 1140. The largest absolute Gasteiger partial charge is 0.497 e. The van der Waals surface area contributed by atoms with Crippen LogP contribution in [0, 0.1) is 0 Å². The number of methoxy groups -OCH3 is 1. The number of hydrazone groups is 1. The number of carbonyl (C=O) groups is 2. The highest BCUT2D eigenvalue weighted by Gasteiger charge is 2.35. The molecule has 3 aromatic rings. The van der Waals surface area contributed by atoms with Crippen LogP contribution in [0.15, 0.2) is 72.1 Å². The van der Waals surface area contributed by atoms with Crippen molar-refractivity contribution in [3.63, 3.8) is 0 Å². The molecule has 1 aliphatic heterocycles. The first-order valence-corrected chi connectivity index (χ1v) is 10.3. The molecule has 2 heterocycles. The van der Waals surface area contributed by atoms with Crippen molar-refractivity contribution < 1.29 is 14.3 Å². The van der Waals surface area contributed by atoms with E-state index in [1.165, 1.54) is 6.92 Å². The van der Waals surface area contributed by atoms with Gasteiger partial charge in [-0.25, -0.2) is 4.98 Å². The Hall–Kier alpha value is -3.94. The maximum atomic E-state index is 13.3. The highest BCUT2D eigenvalue weighted by atomic mass is 16.5. The van der Waals surface area contributed by atoms with Gasteiger partial charge >= 0.3 is 0 Å². The first-order chi connectivity index (χ1) is 15.5. The van der Waals surface area contributed by atoms with Crippen LogP contribution in [0.25, 0.3) is 0 Å². The van der Waals surface area contributed by atoms with Gasteiger partial charge in [-0.05, 0) is 36.8 Å². The zero-order valence-electron chi connectivity index (χ0n) is 18.2. The minimum absolute atomic E-state index is 0.0452. The number of imidazole rings is 1. The van der Waals surface area contributed by atoms with Crippen molar-refractivity contribution in [3.8, 4) is 5.75 Å². The Morgan fingerprint density at radius 1 is 1.12 bits per heavy atom. The minimum atomic E-state index is -0.509. The number of hydrogen-bond acceptors (Lipinski definition) is 6. The van der Waals surface area contributed by atoms with Crippen molar-refractivity contribution >= 4 is 23.1 Å². The monoisotopic (exact) mass is 431 g/mol. The lowest BCUT2D eigenvalue weighted by Gasteiger charge is -2.20. The molecule has 0 radical (unpaired) electrons. The van der Waals surface area contributed by atoms with Crippen LogP contribution < -0.4 is 15.1 Å². The van der Waals surface area contributed by atoms with Gasteiger partial charge in [0, 0.05) is 25.9 Å². The van der Waals surface area contributed by atoms with Crippen molar-refractivity contribution in [1.82, 2.24) is 14.9 Å². The van der Waals surface area contributed by atoms with E-state index in [1.807, 2.05) is 72.4 Å². The summed E-state index contributed by atoms with van der Waals surface area (Å²) in [5.74, 6) is 1.03. The molecule has 0 aliphatic carbocycles. The van der Waals surface area contributed by atoms with Gasteiger partial charge in [0.25, 0.3) is 5.91 Å². The summed E-state index contributed by atoms with van der Waals surface area (Å²) in [4.78, 5) is 30.0. The summed E-state index contributed by atoms with van der Waals surface area (Å²) in [6.07, 6.45) is 3.76. The molecule has 8 nitrogen and oxygen atoms in total. The van der Waals surface area contributed by atoms with Crippen LogP contribution in [0.3, 0.4) is 0 Å². The second-order valence-electron chi connectivity index (χ2n) is 7.63. The molecular weight excluding hydrogens is 406 g/mol. The van der Waals surface area contributed by atoms with Crippen LogP contribution in [-0.4, -0.2) is 40.1 Å². The molecule has 2 unspecified atom stereocenters. The predicted octanol–water partition coefficient (Wildman–Crippen LogP) is 2.86. The van der Waals surface area contributed by atoms with Gasteiger partial charge in [0.2, 0.25) is 0 Å². The normalized spacial score (nSPS) is 16.4. The van der Waals surface area contributed by atoms with Crippen LogP contribution in [0.4, 0.5) is 5.69 Å². The maximum Gasteiger partial charge on any atom is 0.268 e. The van der Waals surface area contributed by atoms with Crippen molar-refractivity contribution in [2.45, 2.75) is 25.4 Å². The van der Waals surface area contributed by atoms with E-state index in [0.717, 1.165) is 17.0 Å². The summed E-state index contributed by atoms with van der Waals surface area (Å²) < 4.78 is 7.11. The quantitative estimate of drug-likeness (QED) is 0.621. The zero-order valence-corrected chi connectivity index (χ0v) is 18.2. The molecule has 0 spiro atoms. The number of Topliss-reactive ketones (excluding diaryl/α,β-unsaturated/α-hetero) is 1. The molecular formula is C24H25N5O3. The third-order valence-electron chi connectivity index (χ3n) is 5.50. The summed E-state index contributed by atoms with van der Waals surface area (Å²) in [6, 6.07) is 15.9. The van der Waals surface area contributed by atoms with E-state index in [0.29, 0.717) is 11.5 Å².